The SMILES string of the molecule is CCCOCCOCCNCc1ccccn1. The highest BCUT2D eigenvalue weighted by Crippen LogP contribution is 1.91. The second kappa shape index (κ2) is 10.2. The molecule has 96 valence electrons. The third-order valence-electron chi connectivity index (χ3n) is 2.18. The van der Waals surface area contributed by atoms with Crippen molar-refractivity contribution in [3.8, 4) is 0 Å². The molecule has 0 fully saturated rings. The summed E-state index contributed by atoms with van der Waals surface area (Å²) in [4.78, 5) is 4.22. The summed E-state index contributed by atoms with van der Waals surface area (Å²) in [5, 5.41) is 3.28. The zero-order chi connectivity index (χ0) is 12.2. The monoisotopic (exact) mass is 238 g/mol. The summed E-state index contributed by atoms with van der Waals surface area (Å²) < 4.78 is 10.7. The quantitative estimate of drug-likeness (QED) is 0.629. The van der Waals surface area contributed by atoms with E-state index in [1.165, 1.54) is 0 Å². The van der Waals surface area contributed by atoms with Crippen LogP contribution in [0.2, 0.25) is 0 Å². The van der Waals surface area contributed by atoms with Gasteiger partial charge in [-0.25, -0.2) is 0 Å². The Morgan fingerprint density at radius 3 is 2.65 bits per heavy atom. The van der Waals surface area contributed by atoms with Crippen LogP contribution >= 0.6 is 0 Å². The first kappa shape index (κ1) is 14.1. The van der Waals surface area contributed by atoms with Crippen LogP contribution in [0.25, 0.3) is 0 Å². The first-order chi connectivity index (χ1) is 8.43. The standard InChI is InChI=1S/C13H22N2O2/c1-2-8-16-10-11-17-9-7-14-12-13-5-3-4-6-15-13/h3-6,14H,2,7-12H2,1H3. The van der Waals surface area contributed by atoms with Crippen LogP contribution < -0.4 is 5.32 Å². The fraction of sp³-hybridized carbons (Fsp3) is 0.615. The smallest absolute Gasteiger partial charge is 0.0701 e. The van der Waals surface area contributed by atoms with Crippen molar-refractivity contribution < 1.29 is 9.47 Å². The van der Waals surface area contributed by atoms with Crippen molar-refractivity contribution in [1.29, 1.82) is 0 Å². The predicted octanol–water partition coefficient (Wildman–Crippen LogP) is 1.61. The number of pyridine rings is 1. The Bertz CT molecular complexity index is 267. The van der Waals surface area contributed by atoms with E-state index in [-0.39, 0.29) is 0 Å². The van der Waals surface area contributed by atoms with Crippen LogP contribution in [0.4, 0.5) is 0 Å². The molecule has 0 amide bonds. The van der Waals surface area contributed by atoms with E-state index >= 15 is 0 Å². The summed E-state index contributed by atoms with van der Waals surface area (Å²) >= 11 is 0. The first-order valence-corrected chi connectivity index (χ1v) is 6.19. The van der Waals surface area contributed by atoms with E-state index in [1.54, 1.807) is 6.20 Å². The minimum Gasteiger partial charge on any atom is -0.379 e. The molecule has 1 rings (SSSR count). The minimum absolute atomic E-state index is 0.672. The summed E-state index contributed by atoms with van der Waals surface area (Å²) in [5.41, 5.74) is 1.05. The van der Waals surface area contributed by atoms with E-state index in [4.69, 9.17) is 9.47 Å². The van der Waals surface area contributed by atoms with Gasteiger partial charge < -0.3 is 14.8 Å². The number of hydrogen-bond donors (Lipinski definition) is 1. The van der Waals surface area contributed by atoms with Crippen molar-refractivity contribution in [3.05, 3.63) is 30.1 Å². The van der Waals surface area contributed by atoms with Crippen molar-refractivity contribution in [2.24, 2.45) is 0 Å². The first-order valence-electron chi connectivity index (χ1n) is 6.19. The van der Waals surface area contributed by atoms with Crippen molar-refractivity contribution in [1.82, 2.24) is 10.3 Å². The molecule has 0 spiro atoms. The predicted molar refractivity (Wildman–Crippen MR) is 67.9 cm³/mol. The van der Waals surface area contributed by atoms with Crippen molar-refractivity contribution in [2.45, 2.75) is 19.9 Å². The number of hydrogen-bond acceptors (Lipinski definition) is 4. The Balaban J connectivity index is 1.85. The molecular weight excluding hydrogens is 216 g/mol. The van der Waals surface area contributed by atoms with E-state index in [1.807, 2.05) is 18.2 Å². The fourth-order valence-corrected chi connectivity index (χ4v) is 1.33. The molecule has 0 aliphatic rings. The third-order valence-corrected chi connectivity index (χ3v) is 2.18. The molecule has 0 aromatic carbocycles. The highest BCUT2D eigenvalue weighted by Gasteiger charge is 1.92. The molecule has 0 saturated carbocycles. The highest BCUT2D eigenvalue weighted by molar-refractivity contribution is 5.02. The lowest BCUT2D eigenvalue weighted by atomic mass is 10.3. The average Bonchev–Trinajstić information content (AvgIpc) is 2.38. The van der Waals surface area contributed by atoms with E-state index in [0.717, 1.165) is 31.8 Å². The number of nitrogens with zero attached hydrogens (tertiary/aromatic N) is 1. The molecule has 0 aliphatic carbocycles. The van der Waals surface area contributed by atoms with Crippen LogP contribution in [0.15, 0.2) is 24.4 Å². The van der Waals surface area contributed by atoms with Gasteiger partial charge in [0.25, 0.3) is 0 Å². The van der Waals surface area contributed by atoms with E-state index in [9.17, 15) is 0 Å². The van der Waals surface area contributed by atoms with Gasteiger partial charge in [0.2, 0.25) is 0 Å². The maximum Gasteiger partial charge on any atom is 0.0701 e. The van der Waals surface area contributed by atoms with E-state index < -0.39 is 0 Å². The molecule has 4 heteroatoms. The molecule has 0 radical (unpaired) electrons. The van der Waals surface area contributed by atoms with Gasteiger partial charge in [-0.1, -0.05) is 13.0 Å². The molecule has 1 aromatic heterocycles. The zero-order valence-electron chi connectivity index (χ0n) is 10.5. The molecule has 0 saturated heterocycles. The summed E-state index contributed by atoms with van der Waals surface area (Å²) in [6.07, 6.45) is 2.87. The maximum absolute atomic E-state index is 5.41. The lowest BCUT2D eigenvalue weighted by Crippen LogP contribution is -2.20. The molecule has 0 aliphatic heterocycles. The number of rotatable bonds is 10. The van der Waals surface area contributed by atoms with Gasteiger partial charge >= 0.3 is 0 Å². The molecule has 1 N–H and O–H groups in total. The van der Waals surface area contributed by atoms with Crippen molar-refractivity contribution in [3.63, 3.8) is 0 Å². The molecule has 1 aromatic rings. The van der Waals surface area contributed by atoms with Crippen LogP contribution in [0.1, 0.15) is 19.0 Å². The van der Waals surface area contributed by atoms with Gasteiger partial charge in [-0.2, -0.15) is 0 Å². The minimum atomic E-state index is 0.672. The van der Waals surface area contributed by atoms with Crippen LogP contribution in [-0.2, 0) is 16.0 Å². The normalized spacial score (nSPS) is 10.6. The Hall–Kier alpha value is -0.970. The molecule has 0 unspecified atom stereocenters. The third kappa shape index (κ3) is 7.85. The Morgan fingerprint density at radius 2 is 1.94 bits per heavy atom. The van der Waals surface area contributed by atoms with Gasteiger partial charge in [0.1, 0.15) is 0 Å². The molecule has 1 heterocycles. The van der Waals surface area contributed by atoms with Crippen LogP contribution in [0.5, 0.6) is 0 Å². The second-order valence-electron chi connectivity index (χ2n) is 3.72. The van der Waals surface area contributed by atoms with Crippen LogP contribution in [0, 0.1) is 0 Å². The van der Waals surface area contributed by atoms with E-state index in [2.05, 4.69) is 17.2 Å². The van der Waals surface area contributed by atoms with Gasteiger partial charge in [-0.15, -0.1) is 0 Å². The van der Waals surface area contributed by atoms with Gasteiger partial charge in [0.05, 0.1) is 25.5 Å². The summed E-state index contributed by atoms with van der Waals surface area (Å²) in [5.74, 6) is 0. The van der Waals surface area contributed by atoms with Crippen molar-refractivity contribution >= 4 is 0 Å². The number of nitrogens with one attached hydrogen (secondary N) is 1. The van der Waals surface area contributed by atoms with Gasteiger partial charge in [0, 0.05) is 25.9 Å². The molecule has 4 nitrogen and oxygen atoms in total. The largest absolute Gasteiger partial charge is 0.379 e. The summed E-state index contributed by atoms with van der Waals surface area (Å²) in [7, 11) is 0. The fourth-order valence-electron chi connectivity index (χ4n) is 1.33. The Labute approximate surface area is 103 Å². The number of ether oxygens (including phenoxy) is 2. The summed E-state index contributed by atoms with van der Waals surface area (Å²) in [6.45, 7) is 6.62. The molecular formula is C13H22N2O2. The lowest BCUT2D eigenvalue weighted by Gasteiger charge is -2.06. The van der Waals surface area contributed by atoms with Crippen LogP contribution in [-0.4, -0.2) is 38.0 Å². The highest BCUT2D eigenvalue weighted by atomic mass is 16.5. The van der Waals surface area contributed by atoms with Crippen LogP contribution in [0.3, 0.4) is 0 Å². The molecule has 0 bridgehead atoms. The van der Waals surface area contributed by atoms with Crippen molar-refractivity contribution in [2.75, 3.05) is 33.0 Å². The van der Waals surface area contributed by atoms with Gasteiger partial charge in [0.15, 0.2) is 0 Å². The Kier molecular flexibility index (Phi) is 8.46. The summed E-state index contributed by atoms with van der Waals surface area (Å²) in [6, 6.07) is 5.92. The Morgan fingerprint density at radius 1 is 1.12 bits per heavy atom. The van der Waals surface area contributed by atoms with E-state index in [0.29, 0.717) is 19.8 Å². The van der Waals surface area contributed by atoms with Gasteiger partial charge in [-0.05, 0) is 18.6 Å². The number of aromatic nitrogens is 1. The topological polar surface area (TPSA) is 43.4 Å². The maximum atomic E-state index is 5.41. The van der Waals surface area contributed by atoms with Gasteiger partial charge in [-0.3, -0.25) is 4.98 Å². The zero-order valence-corrected chi connectivity index (χ0v) is 10.5. The second-order valence-corrected chi connectivity index (χ2v) is 3.72. The molecule has 17 heavy (non-hydrogen) atoms. The average molecular weight is 238 g/mol. The molecule has 0 atom stereocenters. The lowest BCUT2D eigenvalue weighted by molar-refractivity contribution is 0.0490.